The maximum absolute atomic E-state index is 12.3. The molecule has 0 spiro atoms. The van der Waals surface area contributed by atoms with Gasteiger partial charge in [-0.05, 0) is 57.1 Å². The van der Waals surface area contributed by atoms with Crippen LogP contribution < -0.4 is 10.0 Å². The Morgan fingerprint density at radius 1 is 1.18 bits per heavy atom. The summed E-state index contributed by atoms with van der Waals surface area (Å²) in [6.45, 7) is 2.00. The van der Waals surface area contributed by atoms with Crippen LogP contribution in [0.1, 0.15) is 44.1 Å². The lowest BCUT2D eigenvalue weighted by Gasteiger charge is -2.36. The van der Waals surface area contributed by atoms with E-state index in [0.29, 0.717) is 18.8 Å². The number of hydrogen-bond donors (Lipinski definition) is 3. The van der Waals surface area contributed by atoms with Crippen molar-refractivity contribution in [1.29, 1.82) is 0 Å². The van der Waals surface area contributed by atoms with Crippen molar-refractivity contribution in [3.05, 3.63) is 29.8 Å². The van der Waals surface area contributed by atoms with Crippen LogP contribution in [0.2, 0.25) is 0 Å². The number of nitrogens with one attached hydrogen (secondary N) is 2. The first kappa shape index (κ1) is 21.2. The minimum atomic E-state index is -3.54. The molecule has 0 aromatic heterocycles. The first-order chi connectivity index (χ1) is 13.4. The minimum absolute atomic E-state index is 0.0267. The molecular formula is C20H30N2O5S. The molecule has 2 fully saturated rings. The van der Waals surface area contributed by atoms with Crippen LogP contribution in [0, 0.1) is 12.8 Å². The summed E-state index contributed by atoms with van der Waals surface area (Å²) in [6, 6.07) is 6.53. The van der Waals surface area contributed by atoms with Gasteiger partial charge in [-0.3, -0.25) is 4.79 Å². The van der Waals surface area contributed by atoms with E-state index in [1.165, 1.54) is 0 Å². The zero-order chi connectivity index (χ0) is 20.1. The Morgan fingerprint density at radius 3 is 2.54 bits per heavy atom. The summed E-state index contributed by atoms with van der Waals surface area (Å²) in [5.41, 5.74) is 1.00. The Bertz CT molecular complexity index is 761. The van der Waals surface area contributed by atoms with Crippen LogP contribution in [0.15, 0.2) is 29.2 Å². The van der Waals surface area contributed by atoms with Crippen LogP contribution in [-0.2, 0) is 19.6 Å². The number of aryl methyl sites for hydroxylation is 1. The van der Waals surface area contributed by atoms with Crippen LogP contribution in [0.4, 0.5) is 0 Å². The molecule has 8 heteroatoms. The van der Waals surface area contributed by atoms with Crippen LogP contribution >= 0.6 is 0 Å². The van der Waals surface area contributed by atoms with E-state index in [1.54, 1.807) is 24.3 Å². The lowest BCUT2D eigenvalue weighted by atomic mass is 9.97. The van der Waals surface area contributed by atoms with Crippen LogP contribution in [-0.4, -0.2) is 50.8 Å². The molecule has 28 heavy (non-hydrogen) atoms. The molecular weight excluding hydrogens is 380 g/mol. The second-order valence-corrected chi connectivity index (χ2v) is 9.64. The Hall–Kier alpha value is -1.48. The molecule has 1 aromatic rings. The van der Waals surface area contributed by atoms with E-state index in [4.69, 9.17) is 4.74 Å². The van der Waals surface area contributed by atoms with E-state index in [-0.39, 0.29) is 36.1 Å². The van der Waals surface area contributed by atoms with Crippen molar-refractivity contribution in [1.82, 2.24) is 10.0 Å². The van der Waals surface area contributed by atoms with Gasteiger partial charge in [0.25, 0.3) is 0 Å². The Morgan fingerprint density at radius 2 is 1.89 bits per heavy atom. The monoisotopic (exact) mass is 410 g/mol. The van der Waals surface area contributed by atoms with E-state index >= 15 is 0 Å². The van der Waals surface area contributed by atoms with Crippen molar-refractivity contribution in [3.8, 4) is 0 Å². The fourth-order valence-electron chi connectivity index (χ4n) is 3.51. The molecule has 1 aromatic carbocycles. The van der Waals surface area contributed by atoms with Gasteiger partial charge in [0.05, 0.1) is 23.6 Å². The van der Waals surface area contributed by atoms with Gasteiger partial charge in [0.2, 0.25) is 15.9 Å². The highest BCUT2D eigenvalue weighted by Gasteiger charge is 2.33. The standard InChI is InChI=1S/C20H30N2O5S/c1-14-2-7-17(8-3-14)28(25,26)21-11-10-16-6-9-18(19(13-23)27-16)22-20(24)12-15-4-5-15/h2-3,7-8,15-16,18-19,21,23H,4-6,9-13H2,1H3,(H,22,24)/t16-,18-,19+/m1/s1. The number of sulfonamides is 1. The first-order valence-electron chi connectivity index (χ1n) is 9.99. The van der Waals surface area contributed by atoms with Gasteiger partial charge in [-0.2, -0.15) is 0 Å². The van der Waals surface area contributed by atoms with Crippen molar-refractivity contribution in [2.24, 2.45) is 5.92 Å². The highest BCUT2D eigenvalue weighted by Crippen LogP contribution is 2.32. The zero-order valence-corrected chi connectivity index (χ0v) is 17.1. The molecule has 0 unspecified atom stereocenters. The zero-order valence-electron chi connectivity index (χ0n) is 16.3. The first-order valence-corrected chi connectivity index (χ1v) is 11.5. The third kappa shape index (κ3) is 6.01. The average molecular weight is 411 g/mol. The number of ether oxygens (including phenoxy) is 1. The van der Waals surface area contributed by atoms with Gasteiger partial charge in [0.1, 0.15) is 6.10 Å². The molecule has 0 bridgehead atoms. The highest BCUT2D eigenvalue weighted by molar-refractivity contribution is 7.89. The summed E-state index contributed by atoms with van der Waals surface area (Å²) in [7, 11) is -3.54. The molecule has 3 rings (SSSR count). The number of carbonyl (C=O) groups is 1. The Balaban J connectivity index is 1.44. The maximum Gasteiger partial charge on any atom is 0.240 e. The lowest BCUT2D eigenvalue weighted by molar-refractivity contribution is -0.128. The third-order valence-electron chi connectivity index (χ3n) is 5.40. The Kier molecular flexibility index (Phi) is 7.09. The fourth-order valence-corrected chi connectivity index (χ4v) is 4.56. The largest absolute Gasteiger partial charge is 0.394 e. The molecule has 1 amide bonds. The van der Waals surface area contributed by atoms with Crippen molar-refractivity contribution in [3.63, 3.8) is 0 Å². The second kappa shape index (κ2) is 9.35. The van der Waals surface area contributed by atoms with E-state index in [9.17, 15) is 18.3 Å². The molecule has 1 saturated heterocycles. The molecule has 1 aliphatic heterocycles. The number of carbonyl (C=O) groups excluding carboxylic acids is 1. The van der Waals surface area contributed by atoms with Gasteiger partial charge in [-0.15, -0.1) is 0 Å². The predicted octanol–water partition coefficient (Wildman–Crippen LogP) is 1.49. The summed E-state index contributed by atoms with van der Waals surface area (Å²) in [6.07, 6.45) is 4.17. The molecule has 3 atom stereocenters. The summed E-state index contributed by atoms with van der Waals surface area (Å²) in [5, 5.41) is 12.6. The number of benzene rings is 1. The van der Waals surface area contributed by atoms with Gasteiger partial charge < -0.3 is 15.2 Å². The quantitative estimate of drug-likeness (QED) is 0.572. The van der Waals surface area contributed by atoms with Gasteiger partial charge in [0, 0.05) is 13.0 Å². The van der Waals surface area contributed by atoms with Gasteiger partial charge >= 0.3 is 0 Å². The molecule has 156 valence electrons. The smallest absolute Gasteiger partial charge is 0.240 e. The topological polar surface area (TPSA) is 105 Å². The van der Waals surface area contributed by atoms with E-state index in [1.807, 2.05) is 6.92 Å². The normalized spacial score (nSPS) is 25.4. The molecule has 3 N–H and O–H groups in total. The minimum Gasteiger partial charge on any atom is -0.394 e. The predicted molar refractivity (Wildman–Crippen MR) is 105 cm³/mol. The van der Waals surface area contributed by atoms with E-state index in [2.05, 4.69) is 10.0 Å². The Labute approximate surface area is 166 Å². The maximum atomic E-state index is 12.3. The number of hydrogen-bond acceptors (Lipinski definition) is 5. The summed E-state index contributed by atoms with van der Waals surface area (Å²) in [5.74, 6) is 0.547. The van der Waals surface area contributed by atoms with Crippen molar-refractivity contribution >= 4 is 15.9 Å². The summed E-state index contributed by atoms with van der Waals surface area (Å²) < 4.78 is 33.2. The summed E-state index contributed by atoms with van der Waals surface area (Å²) in [4.78, 5) is 12.3. The number of aliphatic hydroxyl groups excluding tert-OH is 1. The highest BCUT2D eigenvalue weighted by atomic mass is 32.2. The molecule has 0 radical (unpaired) electrons. The molecule has 1 saturated carbocycles. The molecule has 1 heterocycles. The van der Waals surface area contributed by atoms with Crippen LogP contribution in [0.5, 0.6) is 0 Å². The van der Waals surface area contributed by atoms with Crippen molar-refractivity contribution in [2.45, 2.75) is 68.6 Å². The lowest BCUT2D eigenvalue weighted by Crippen LogP contribution is -2.51. The number of aliphatic hydroxyl groups is 1. The van der Waals surface area contributed by atoms with Crippen molar-refractivity contribution < 1.29 is 23.1 Å². The van der Waals surface area contributed by atoms with Crippen LogP contribution in [0.25, 0.3) is 0 Å². The van der Waals surface area contributed by atoms with E-state index < -0.39 is 16.1 Å². The van der Waals surface area contributed by atoms with Gasteiger partial charge in [0.15, 0.2) is 0 Å². The third-order valence-corrected chi connectivity index (χ3v) is 6.88. The number of rotatable bonds is 9. The number of amides is 1. The average Bonchev–Trinajstić information content (AvgIpc) is 3.47. The fraction of sp³-hybridized carbons (Fsp3) is 0.650. The molecule has 1 aliphatic carbocycles. The van der Waals surface area contributed by atoms with Gasteiger partial charge in [-0.1, -0.05) is 17.7 Å². The SMILES string of the molecule is Cc1ccc(S(=O)(=O)NCC[C@H]2CC[C@@H](NC(=O)CC3CC3)[C@H](CO)O2)cc1. The van der Waals surface area contributed by atoms with E-state index in [0.717, 1.165) is 31.2 Å². The van der Waals surface area contributed by atoms with Gasteiger partial charge in [-0.25, -0.2) is 13.1 Å². The van der Waals surface area contributed by atoms with Crippen molar-refractivity contribution in [2.75, 3.05) is 13.2 Å². The summed E-state index contributed by atoms with van der Waals surface area (Å²) >= 11 is 0. The molecule has 2 aliphatic rings. The second-order valence-electron chi connectivity index (χ2n) is 7.88. The molecule has 7 nitrogen and oxygen atoms in total. The van der Waals surface area contributed by atoms with Crippen LogP contribution in [0.3, 0.4) is 0 Å².